The lowest BCUT2D eigenvalue weighted by molar-refractivity contribution is -0.161. The van der Waals surface area contributed by atoms with Crippen LogP contribution in [0.4, 0.5) is 0 Å². The Bertz CT molecular complexity index is 1810. The number of unbranched alkanes of at least 4 members (excludes halogenated alkanes) is 47. The lowest BCUT2D eigenvalue weighted by atomic mass is 10.0. The first-order valence-electron chi connectivity index (χ1n) is 39.1. The largest absolute Gasteiger partial charge is 0.472 e. The predicted molar refractivity (Wildman–Crippen MR) is 382 cm³/mol. The van der Waals surface area contributed by atoms with Crippen LogP contribution in [0.2, 0.25) is 0 Å². The highest BCUT2D eigenvalue weighted by atomic mass is 31.2. The molecule has 0 radical (unpaired) electrons. The summed E-state index contributed by atoms with van der Waals surface area (Å²) in [7, 11) is -9.89. The lowest BCUT2D eigenvalue weighted by Crippen LogP contribution is -2.30. The average Bonchev–Trinajstić information content (AvgIpc) is 1.26. The van der Waals surface area contributed by atoms with Crippen molar-refractivity contribution in [3.63, 3.8) is 0 Å². The van der Waals surface area contributed by atoms with Gasteiger partial charge in [-0.25, -0.2) is 9.13 Å². The summed E-state index contributed by atoms with van der Waals surface area (Å²) >= 11 is 0. The predicted octanol–water partition coefficient (Wildman–Crippen LogP) is 22.1. The number of carbonyl (C=O) groups is 4. The second-order valence-electron chi connectivity index (χ2n) is 27.5. The highest BCUT2D eigenvalue weighted by molar-refractivity contribution is 7.47. The summed E-state index contributed by atoms with van der Waals surface area (Å²) in [6, 6.07) is 0. The lowest BCUT2D eigenvalue weighted by Gasteiger charge is -2.21. The van der Waals surface area contributed by atoms with Gasteiger partial charge >= 0.3 is 39.5 Å². The van der Waals surface area contributed by atoms with Gasteiger partial charge in [-0.1, -0.05) is 343 Å². The second-order valence-corrected chi connectivity index (χ2v) is 30.4. The van der Waals surface area contributed by atoms with Crippen molar-refractivity contribution in [2.24, 2.45) is 5.92 Å². The number of aliphatic hydroxyl groups excluding tert-OH is 1. The number of phosphoric acid groups is 2. The summed E-state index contributed by atoms with van der Waals surface area (Å²) in [5.41, 5.74) is 0. The molecule has 0 aliphatic rings. The maximum atomic E-state index is 13.1. The zero-order valence-electron chi connectivity index (χ0n) is 61.1. The minimum Gasteiger partial charge on any atom is -0.462 e. The SMILES string of the molecule is CCCCCCCCCCCCCCCCCCCCCCCCC(=O)O[C@H](COC(=O)CCCCCCCCCCCCCCCCCCC(C)C)COP(=O)(O)OC[C@@H](O)COP(=O)(O)OC[C@@H](COC(=O)CCCCCCC)OC(=O)CCCCCCCCCC. The molecule has 0 bridgehead atoms. The Hall–Kier alpha value is -1.94. The van der Waals surface area contributed by atoms with E-state index in [1.807, 2.05) is 0 Å². The zero-order valence-corrected chi connectivity index (χ0v) is 62.9. The standard InChI is InChI=1S/C75H146O17P2/c1-6-9-12-15-17-19-20-21-22-23-24-25-26-27-28-33-36-39-42-46-51-56-61-75(80)92-71(65-86-73(78)59-54-49-45-41-38-35-32-30-29-31-34-37-40-43-48-52-57-68(4)5)67-90-94(83,84)88-63-69(76)62-87-93(81,82)89-66-70(64-85-72(77)58-53-47-14-11-8-3)91-74(79)60-55-50-44-18-16-13-10-7-2/h68-71,76H,6-67H2,1-5H3,(H,81,82)(H,83,84)/t69-,70+,71+/m0/s1. The van der Waals surface area contributed by atoms with Gasteiger partial charge in [-0.05, 0) is 31.6 Å². The van der Waals surface area contributed by atoms with E-state index < -0.39 is 97.5 Å². The molecular formula is C75H146O17P2. The first kappa shape index (κ1) is 92.1. The molecule has 0 saturated heterocycles. The highest BCUT2D eigenvalue weighted by Crippen LogP contribution is 2.45. The fourth-order valence-electron chi connectivity index (χ4n) is 11.5. The Morgan fingerprint density at radius 2 is 0.489 bits per heavy atom. The molecule has 0 amide bonds. The summed E-state index contributed by atoms with van der Waals surface area (Å²) in [5, 5.41) is 10.6. The summed E-state index contributed by atoms with van der Waals surface area (Å²) in [5.74, 6) is -1.32. The molecular weight excluding hydrogens is 1230 g/mol. The molecule has 19 heteroatoms. The minimum absolute atomic E-state index is 0.104. The van der Waals surface area contributed by atoms with Crippen molar-refractivity contribution in [1.29, 1.82) is 0 Å². The van der Waals surface area contributed by atoms with E-state index in [-0.39, 0.29) is 25.7 Å². The van der Waals surface area contributed by atoms with Crippen LogP contribution in [0, 0.1) is 5.92 Å². The van der Waals surface area contributed by atoms with Gasteiger partial charge in [0.05, 0.1) is 26.4 Å². The number of rotatable bonds is 75. The van der Waals surface area contributed by atoms with E-state index in [0.717, 1.165) is 109 Å². The van der Waals surface area contributed by atoms with Crippen molar-refractivity contribution in [2.75, 3.05) is 39.6 Å². The summed E-state index contributed by atoms with van der Waals surface area (Å²) in [4.78, 5) is 72.3. The fraction of sp³-hybridized carbons (Fsp3) is 0.947. The molecule has 0 aromatic rings. The minimum atomic E-state index is -4.95. The first-order chi connectivity index (χ1) is 45.5. The molecule has 0 saturated carbocycles. The van der Waals surface area contributed by atoms with Crippen LogP contribution in [0.15, 0.2) is 0 Å². The fourth-order valence-corrected chi connectivity index (χ4v) is 13.1. The quantitative estimate of drug-likeness (QED) is 0.0222. The number of phosphoric ester groups is 2. The van der Waals surface area contributed by atoms with E-state index in [4.69, 9.17) is 37.0 Å². The van der Waals surface area contributed by atoms with Gasteiger partial charge in [-0.3, -0.25) is 37.3 Å². The molecule has 0 heterocycles. The van der Waals surface area contributed by atoms with Crippen molar-refractivity contribution in [3.8, 4) is 0 Å². The van der Waals surface area contributed by atoms with E-state index in [2.05, 4.69) is 34.6 Å². The summed E-state index contributed by atoms with van der Waals surface area (Å²) in [6.45, 7) is 7.19. The Morgan fingerprint density at radius 1 is 0.287 bits per heavy atom. The molecule has 94 heavy (non-hydrogen) atoms. The average molecular weight is 1380 g/mol. The molecule has 0 rings (SSSR count). The van der Waals surface area contributed by atoms with Crippen LogP contribution in [-0.4, -0.2) is 96.7 Å². The van der Waals surface area contributed by atoms with Crippen LogP contribution in [0.5, 0.6) is 0 Å². The number of hydrogen-bond donors (Lipinski definition) is 3. The van der Waals surface area contributed by atoms with Gasteiger partial charge in [0.25, 0.3) is 0 Å². The molecule has 17 nitrogen and oxygen atoms in total. The van der Waals surface area contributed by atoms with Crippen molar-refractivity contribution in [2.45, 2.75) is 412 Å². The maximum Gasteiger partial charge on any atom is 0.472 e. The summed E-state index contributed by atoms with van der Waals surface area (Å²) < 4.78 is 68.1. The molecule has 2 unspecified atom stereocenters. The third kappa shape index (κ3) is 68.6. The third-order valence-corrected chi connectivity index (χ3v) is 19.4. The van der Waals surface area contributed by atoms with Gasteiger partial charge in [0.1, 0.15) is 19.3 Å². The van der Waals surface area contributed by atoms with Gasteiger partial charge in [0.2, 0.25) is 0 Å². The molecule has 0 fully saturated rings. The van der Waals surface area contributed by atoms with Gasteiger partial charge < -0.3 is 33.8 Å². The van der Waals surface area contributed by atoms with Crippen LogP contribution in [0.1, 0.15) is 394 Å². The molecule has 3 N–H and O–H groups in total. The number of hydrogen-bond acceptors (Lipinski definition) is 15. The van der Waals surface area contributed by atoms with Crippen molar-refractivity contribution < 1.29 is 80.2 Å². The van der Waals surface area contributed by atoms with Crippen LogP contribution < -0.4 is 0 Å². The Labute approximate surface area is 575 Å². The maximum absolute atomic E-state index is 13.1. The van der Waals surface area contributed by atoms with Crippen molar-refractivity contribution in [1.82, 2.24) is 0 Å². The van der Waals surface area contributed by atoms with Gasteiger partial charge in [-0.2, -0.15) is 0 Å². The molecule has 5 atom stereocenters. The Morgan fingerprint density at radius 3 is 0.723 bits per heavy atom. The third-order valence-electron chi connectivity index (χ3n) is 17.5. The van der Waals surface area contributed by atoms with Gasteiger partial charge in [0, 0.05) is 25.7 Å². The van der Waals surface area contributed by atoms with Crippen molar-refractivity contribution in [3.05, 3.63) is 0 Å². The molecule has 558 valence electrons. The van der Waals surface area contributed by atoms with E-state index in [0.29, 0.717) is 25.7 Å². The Balaban J connectivity index is 5.07. The van der Waals surface area contributed by atoms with Gasteiger partial charge in [0.15, 0.2) is 12.2 Å². The van der Waals surface area contributed by atoms with Crippen LogP contribution in [0.25, 0.3) is 0 Å². The smallest absolute Gasteiger partial charge is 0.462 e. The van der Waals surface area contributed by atoms with E-state index >= 15 is 0 Å². The molecule has 0 aliphatic heterocycles. The Kier molecular flexibility index (Phi) is 66.8. The second kappa shape index (κ2) is 68.2. The van der Waals surface area contributed by atoms with Crippen molar-refractivity contribution >= 4 is 39.5 Å². The van der Waals surface area contributed by atoms with Crippen LogP contribution in [-0.2, 0) is 65.4 Å². The monoisotopic (exact) mass is 1380 g/mol. The van der Waals surface area contributed by atoms with Gasteiger partial charge in [-0.15, -0.1) is 0 Å². The van der Waals surface area contributed by atoms with Crippen LogP contribution in [0.3, 0.4) is 0 Å². The van der Waals surface area contributed by atoms with Crippen LogP contribution >= 0.6 is 15.6 Å². The molecule has 0 spiro atoms. The molecule has 0 aromatic heterocycles. The topological polar surface area (TPSA) is 237 Å². The van der Waals surface area contributed by atoms with E-state index in [1.54, 1.807) is 0 Å². The molecule has 0 aromatic carbocycles. The number of ether oxygens (including phenoxy) is 4. The first-order valence-corrected chi connectivity index (χ1v) is 42.1. The van der Waals surface area contributed by atoms with E-state index in [1.165, 1.54) is 205 Å². The van der Waals surface area contributed by atoms with E-state index in [9.17, 15) is 43.2 Å². The normalized spacial score (nSPS) is 14.0. The number of carbonyl (C=O) groups excluding carboxylic acids is 4. The molecule has 0 aliphatic carbocycles. The number of esters is 4. The summed E-state index contributed by atoms with van der Waals surface area (Å²) in [6.07, 6.45) is 57.7. The number of aliphatic hydroxyl groups is 1. The highest BCUT2D eigenvalue weighted by Gasteiger charge is 2.30. The zero-order chi connectivity index (χ0) is 69.1.